The summed E-state index contributed by atoms with van der Waals surface area (Å²) in [7, 11) is 1.63. The summed E-state index contributed by atoms with van der Waals surface area (Å²) in [5.74, 6) is 1.81. The fraction of sp³-hybridized carbons (Fsp3) is 0.481. The number of nitrogens with zero attached hydrogens (tertiary/aromatic N) is 1. The van der Waals surface area contributed by atoms with Gasteiger partial charge in [0.25, 0.3) is 0 Å². The maximum atomic E-state index is 13.4. The Bertz CT molecular complexity index is 910. The van der Waals surface area contributed by atoms with E-state index in [1.165, 1.54) is 11.1 Å². The summed E-state index contributed by atoms with van der Waals surface area (Å²) in [6.45, 7) is 4.43. The third-order valence-corrected chi connectivity index (χ3v) is 7.18. The largest absolute Gasteiger partial charge is 0.497 e. The molecule has 33 heavy (non-hydrogen) atoms. The van der Waals surface area contributed by atoms with Gasteiger partial charge in [0.05, 0.1) is 12.9 Å². The first kappa shape index (κ1) is 25.2. The molecule has 1 aliphatic carbocycles. The van der Waals surface area contributed by atoms with Crippen molar-refractivity contribution in [1.29, 1.82) is 0 Å². The molecular weight excluding hydrogens is 432 g/mol. The number of carbonyl (C=O) groups is 2. The van der Waals surface area contributed by atoms with Gasteiger partial charge in [0, 0.05) is 18.3 Å². The highest BCUT2D eigenvalue weighted by molar-refractivity contribution is 7.99. The van der Waals surface area contributed by atoms with Gasteiger partial charge in [-0.1, -0.05) is 61.7 Å². The minimum Gasteiger partial charge on any atom is -0.497 e. The van der Waals surface area contributed by atoms with Gasteiger partial charge in [0.1, 0.15) is 11.8 Å². The van der Waals surface area contributed by atoms with Crippen molar-refractivity contribution in [2.45, 2.75) is 70.3 Å². The van der Waals surface area contributed by atoms with E-state index >= 15 is 0 Å². The van der Waals surface area contributed by atoms with Crippen LogP contribution in [-0.4, -0.2) is 41.7 Å². The average Bonchev–Trinajstić information content (AvgIpc) is 3.33. The second kappa shape index (κ2) is 12.7. The highest BCUT2D eigenvalue weighted by Crippen LogP contribution is 2.22. The molecule has 5 nitrogen and oxygen atoms in total. The highest BCUT2D eigenvalue weighted by Gasteiger charge is 2.30. The molecule has 0 heterocycles. The molecule has 2 amide bonds. The number of thioether (sulfide) groups is 1. The number of amides is 2. The Morgan fingerprint density at radius 3 is 2.52 bits per heavy atom. The normalized spacial score (nSPS) is 14.6. The molecule has 0 saturated heterocycles. The molecule has 0 spiro atoms. The topological polar surface area (TPSA) is 58.6 Å². The third-order valence-electron chi connectivity index (χ3n) is 6.19. The van der Waals surface area contributed by atoms with Crippen molar-refractivity contribution < 1.29 is 14.3 Å². The van der Waals surface area contributed by atoms with Crippen molar-refractivity contribution in [3.8, 4) is 5.75 Å². The van der Waals surface area contributed by atoms with E-state index in [0.29, 0.717) is 18.7 Å². The Morgan fingerprint density at radius 1 is 1.12 bits per heavy atom. The lowest BCUT2D eigenvalue weighted by molar-refractivity contribution is -0.139. The summed E-state index contributed by atoms with van der Waals surface area (Å²) in [5, 5.41) is 3.20. The first-order valence-corrected chi connectivity index (χ1v) is 13.0. The molecule has 0 unspecified atom stereocenters. The minimum atomic E-state index is -0.482. The lowest BCUT2D eigenvalue weighted by Gasteiger charge is -2.31. The Kier molecular flexibility index (Phi) is 9.67. The maximum absolute atomic E-state index is 13.4. The van der Waals surface area contributed by atoms with Crippen molar-refractivity contribution in [3.63, 3.8) is 0 Å². The molecule has 178 valence electrons. The van der Waals surface area contributed by atoms with Crippen LogP contribution in [0.1, 0.15) is 55.7 Å². The van der Waals surface area contributed by atoms with E-state index in [1.807, 2.05) is 31.2 Å². The molecule has 2 aromatic rings. The van der Waals surface area contributed by atoms with E-state index < -0.39 is 6.04 Å². The van der Waals surface area contributed by atoms with Crippen LogP contribution in [0.15, 0.2) is 48.5 Å². The van der Waals surface area contributed by atoms with Crippen LogP contribution in [0.5, 0.6) is 5.75 Å². The van der Waals surface area contributed by atoms with Gasteiger partial charge in [0.2, 0.25) is 11.8 Å². The van der Waals surface area contributed by atoms with Crippen LogP contribution in [0, 0.1) is 6.92 Å². The lowest BCUT2D eigenvalue weighted by atomic mass is 10.1. The Morgan fingerprint density at radius 2 is 1.85 bits per heavy atom. The molecule has 1 saturated carbocycles. The van der Waals surface area contributed by atoms with Gasteiger partial charge >= 0.3 is 0 Å². The standard InChI is InChI=1S/C27H36N2O3S/c1-4-25(27(31)28-23-9-5-6-10-23)29(17-22-8-7-11-24(16-22)32-3)26(30)19-33-18-21-14-12-20(2)13-15-21/h7-8,11-16,23,25H,4-6,9-10,17-19H2,1-3H3,(H,28,31)/t25-/m1/s1. The van der Waals surface area contributed by atoms with Gasteiger partial charge in [0.15, 0.2) is 0 Å². The maximum Gasteiger partial charge on any atom is 0.243 e. The number of benzene rings is 2. The summed E-state index contributed by atoms with van der Waals surface area (Å²) in [6.07, 6.45) is 4.95. The van der Waals surface area contributed by atoms with Crippen LogP contribution in [0.25, 0.3) is 0 Å². The van der Waals surface area contributed by atoms with Crippen LogP contribution in [0.4, 0.5) is 0 Å². The van der Waals surface area contributed by atoms with Crippen LogP contribution < -0.4 is 10.1 Å². The van der Waals surface area contributed by atoms with Gasteiger partial charge in [-0.2, -0.15) is 0 Å². The summed E-state index contributed by atoms with van der Waals surface area (Å²) in [4.78, 5) is 28.3. The van der Waals surface area contributed by atoms with E-state index in [9.17, 15) is 9.59 Å². The summed E-state index contributed by atoms with van der Waals surface area (Å²) < 4.78 is 5.36. The van der Waals surface area contributed by atoms with Gasteiger partial charge in [-0.15, -0.1) is 11.8 Å². The number of hydrogen-bond acceptors (Lipinski definition) is 4. The number of aryl methyl sites for hydroxylation is 1. The van der Waals surface area contributed by atoms with Crippen LogP contribution in [0.2, 0.25) is 0 Å². The fourth-order valence-electron chi connectivity index (χ4n) is 4.28. The Balaban J connectivity index is 1.71. The van der Waals surface area contributed by atoms with Gasteiger partial charge < -0.3 is 15.0 Å². The monoisotopic (exact) mass is 468 g/mol. The number of carbonyl (C=O) groups excluding carboxylic acids is 2. The third kappa shape index (κ3) is 7.53. The lowest BCUT2D eigenvalue weighted by Crippen LogP contribution is -2.51. The van der Waals surface area contributed by atoms with Crippen LogP contribution in [-0.2, 0) is 21.9 Å². The SMILES string of the molecule is CC[C@H](C(=O)NC1CCCC1)N(Cc1cccc(OC)c1)C(=O)CSCc1ccc(C)cc1. The first-order valence-electron chi connectivity index (χ1n) is 11.9. The van der Waals surface area contributed by atoms with E-state index in [2.05, 4.69) is 36.5 Å². The van der Waals surface area contributed by atoms with Crippen molar-refractivity contribution in [2.24, 2.45) is 0 Å². The van der Waals surface area contributed by atoms with Crippen molar-refractivity contribution >= 4 is 23.6 Å². The number of rotatable bonds is 11. The molecule has 2 aromatic carbocycles. The predicted octanol–water partition coefficient (Wildman–Crippen LogP) is 5.10. The van der Waals surface area contributed by atoms with E-state index in [0.717, 1.165) is 42.7 Å². The predicted molar refractivity (Wildman–Crippen MR) is 135 cm³/mol. The molecular formula is C27H36N2O3S. The minimum absolute atomic E-state index is 0.0108. The molecule has 6 heteroatoms. The van der Waals surface area contributed by atoms with Crippen molar-refractivity contribution in [2.75, 3.05) is 12.9 Å². The summed E-state index contributed by atoms with van der Waals surface area (Å²) in [5.41, 5.74) is 3.38. The second-order valence-corrected chi connectivity index (χ2v) is 9.75. The summed E-state index contributed by atoms with van der Waals surface area (Å²) >= 11 is 1.59. The van der Waals surface area contributed by atoms with E-state index in [4.69, 9.17) is 4.74 Å². The molecule has 3 rings (SSSR count). The molecule has 1 fully saturated rings. The Labute approximate surface area is 202 Å². The number of ether oxygens (including phenoxy) is 1. The highest BCUT2D eigenvalue weighted by atomic mass is 32.2. The number of hydrogen-bond donors (Lipinski definition) is 1. The van der Waals surface area contributed by atoms with Crippen LogP contribution >= 0.6 is 11.8 Å². The van der Waals surface area contributed by atoms with Gasteiger partial charge in [-0.3, -0.25) is 9.59 Å². The number of nitrogens with one attached hydrogen (secondary N) is 1. The van der Waals surface area contributed by atoms with Crippen LogP contribution in [0.3, 0.4) is 0 Å². The molecule has 1 N–H and O–H groups in total. The number of methoxy groups -OCH3 is 1. The smallest absolute Gasteiger partial charge is 0.243 e. The quantitative estimate of drug-likeness (QED) is 0.498. The molecule has 0 radical (unpaired) electrons. The zero-order valence-electron chi connectivity index (χ0n) is 20.0. The molecule has 1 aliphatic rings. The fourth-order valence-corrected chi connectivity index (χ4v) is 5.15. The molecule has 0 aromatic heterocycles. The van der Waals surface area contributed by atoms with Gasteiger partial charge in [-0.25, -0.2) is 0 Å². The van der Waals surface area contributed by atoms with Crippen molar-refractivity contribution in [3.05, 3.63) is 65.2 Å². The first-order chi connectivity index (χ1) is 16.0. The second-order valence-electron chi connectivity index (χ2n) is 8.77. The average molecular weight is 469 g/mol. The molecule has 0 aliphatic heterocycles. The van der Waals surface area contributed by atoms with E-state index in [1.54, 1.807) is 23.8 Å². The summed E-state index contributed by atoms with van der Waals surface area (Å²) in [6, 6.07) is 15.8. The van der Waals surface area contributed by atoms with Gasteiger partial charge in [-0.05, 0) is 49.4 Å². The van der Waals surface area contributed by atoms with Crippen molar-refractivity contribution in [1.82, 2.24) is 10.2 Å². The van der Waals surface area contributed by atoms with E-state index in [-0.39, 0.29) is 17.9 Å². The Hall–Kier alpha value is -2.47. The molecule has 1 atom stereocenters. The zero-order chi connectivity index (χ0) is 23.6. The molecule has 0 bridgehead atoms. The zero-order valence-corrected chi connectivity index (χ0v) is 20.8.